The fraction of sp³-hybridized carbons (Fsp3) is 0.310. The standard InChI is InChI=1S/C29H27F2NO3/c1-28(2)17-35-29(14-20(33)15-29)26-25-23(32(27(26)28)19-11-12-21(30)22(31)13-19)9-6-10-24(25)34-16-18-7-4-3-5-8-18/h3-13,20,33H,14-17H2,1-2H3/t20-,29-. The van der Waals surface area contributed by atoms with Crippen LogP contribution in [-0.4, -0.2) is 22.4 Å². The van der Waals surface area contributed by atoms with Gasteiger partial charge in [0.25, 0.3) is 0 Å². The average Bonchev–Trinajstić information content (AvgIpc) is 3.19. The zero-order valence-corrected chi connectivity index (χ0v) is 19.7. The Hall–Kier alpha value is -3.22. The molecular weight excluding hydrogens is 448 g/mol. The molecule has 0 amide bonds. The summed E-state index contributed by atoms with van der Waals surface area (Å²) in [6.07, 6.45) is 0.531. The number of aliphatic hydroxyl groups excluding tert-OH is 1. The predicted octanol–water partition coefficient (Wildman–Crippen LogP) is 6.15. The molecule has 1 N–H and O–H groups in total. The van der Waals surface area contributed by atoms with Gasteiger partial charge >= 0.3 is 0 Å². The van der Waals surface area contributed by atoms with Gasteiger partial charge in [-0.05, 0) is 29.8 Å². The summed E-state index contributed by atoms with van der Waals surface area (Å²) in [6, 6.07) is 19.8. The zero-order valence-electron chi connectivity index (χ0n) is 19.7. The summed E-state index contributed by atoms with van der Waals surface area (Å²) < 4.78 is 43.1. The molecule has 1 spiro atoms. The molecule has 180 valence electrons. The summed E-state index contributed by atoms with van der Waals surface area (Å²) in [5.41, 5.74) is 3.32. The van der Waals surface area contributed by atoms with Crippen LogP contribution in [0.3, 0.4) is 0 Å². The second-order valence-electron chi connectivity index (χ2n) is 10.3. The summed E-state index contributed by atoms with van der Waals surface area (Å²) in [5.74, 6) is -1.08. The van der Waals surface area contributed by atoms with Crippen LogP contribution in [0.2, 0.25) is 0 Å². The Bertz CT molecular complexity index is 1420. The van der Waals surface area contributed by atoms with Crippen molar-refractivity contribution in [3.63, 3.8) is 0 Å². The monoisotopic (exact) mass is 475 g/mol. The molecule has 6 heteroatoms. The maximum Gasteiger partial charge on any atom is 0.160 e. The smallest absolute Gasteiger partial charge is 0.160 e. The van der Waals surface area contributed by atoms with Gasteiger partial charge in [-0.25, -0.2) is 8.78 Å². The fourth-order valence-electron chi connectivity index (χ4n) is 5.62. The summed E-state index contributed by atoms with van der Waals surface area (Å²) in [6.45, 7) is 5.03. The number of benzene rings is 3. The van der Waals surface area contributed by atoms with Crippen molar-refractivity contribution in [3.8, 4) is 11.4 Å². The highest BCUT2D eigenvalue weighted by molar-refractivity contribution is 5.94. The van der Waals surface area contributed by atoms with Gasteiger partial charge in [0, 0.05) is 46.7 Å². The van der Waals surface area contributed by atoms with E-state index in [-0.39, 0.29) is 0 Å². The predicted molar refractivity (Wildman–Crippen MR) is 130 cm³/mol. The molecule has 0 atom stereocenters. The highest BCUT2D eigenvalue weighted by atomic mass is 19.2. The molecular formula is C29H27F2NO3. The molecule has 4 aromatic rings. The average molecular weight is 476 g/mol. The van der Waals surface area contributed by atoms with Crippen molar-refractivity contribution in [3.05, 3.63) is 95.2 Å². The van der Waals surface area contributed by atoms with Gasteiger partial charge in [0.1, 0.15) is 18.0 Å². The summed E-state index contributed by atoms with van der Waals surface area (Å²) in [7, 11) is 0. The zero-order chi connectivity index (χ0) is 24.4. The number of aliphatic hydroxyl groups is 1. The van der Waals surface area contributed by atoms with Crippen LogP contribution in [0.25, 0.3) is 16.6 Å². The summed E-state index contributed by atoms with van der Waals surface area (Å²) in [5, 5.41) is 11.2. The van der Waals surface area contributed by atoms with E-state index in [9.17, 15) is 13.9 Å². The minimum Gasteiger partial charge on any atom is -0.488 e. The number of rotatable bonds is 4. The van der Waals surface area contributed by atoms with E-state index in [4.69, 9.17) is 9.47 Å². The number of nitrogens with zero attached hydrogens (tertiary/aromatic N) is 1. The maximum atomic E-state index is 14.4. The number of hydrogen-bond donors (Lipinski definition) is 1. The molecule has 2 aliphatic rings. The van der Waals surface area contributed by atoms with E-state index in [0.29, 0.717) is 37.5 Å². The first-order chi connectivity index (χ1) is 16.8. The van der Waals surface area contributed by atoms with Gasteiger partial charge in [-0.2, -0.15) is 0 Å². The van der Waals surface area contributed by atoms with Gasteiger partial charge in [0.05, 0.1) is 18.2 Å². The Morgan fingerprint density at radius 3 is 2.49 bits per heavy atom. The van der Waals surface area contributed by atoms with Gasteiger partial charge < -0.3 is 19.1 Å². The van der Waals surface area contributed by atoms with Gasteiger partial charge in [0.15, 0.2) is 11.6 Å². The maximum absolute atomic E-state index is 14.4. The lowest BCUT2D eigenvalue weighted by Crippen LogP contribution is -2.53. The molecule has 4 nitrogen and oxygen atoms in total. The second kappa shape index (κ2) is 7.90. The molecule has 1 aromatic heterocycles. The normalized spacial score (nSPS) is 22.7. The van der Waals surface area contributed by atoms with Crippen molar-refractivity contribution in [1.29, 1.82) is 0 Å². The van der Waals surface area contributed by atoms with E-state index >= 15 is 0 Å². The lowest BCUT2D eigenvalue weighted by atomic mass is 9.67. The molecule has 0 saturated heterocycles. The van der Waals surface area contributed by atoms with Crippen molar-refractivity contribution in [2.45, 2.75) is 50.4 Å². The van der Waals surface area contributed by atoms with Crippen molar-refractivity contribution in [2.24, 2.45) is 0 Å². The third kappa shape index (κ3) is 3.46. The van der Waals surface area contributed by atoms with Gasteiger partial charge in [-0.3, -0.25) is 0 Å². The molecule has 35 heavy (non-hydrogen) atoms. The number of ether oxygens (including phenoxy) is 2. The Balaban J connectivity index is 1.62. The molecule has 3 aromatic carbocycles. The Morgan fingerprint density at radius 1 is 1.00 bits per heavy atom. The molecule has 0 radical (unpaired) electrons. The number of halogens is 2. The van der Waals surface area contributed by atoms with E-state index in [0.717, 1.165) is 33.8 Å². The van der Waals surface area contributed by atoms with E-state index in [2.05, 4.69) is 13.8 Å². The lowest BCUT2D eigenvalue weighted by molar-refractivity contribution is -0.180. The van der Waals surface area contributed by atoms with Crippen LogP contribution < -0.4 is 4.74 Å². The number of fused-ring (bicyclic) bond motifs is 4. The van der Waals surface area contributed by atoms with Crippen molar-refractivity contribution >= 4 is 10.9 Å². The van der Waals surface area contributed by atoms with Gasteiger partial charge in [0.2, 0.25) is 0 Å². The highest BCUT2D eigenvalue weighted by Gasteiger charge is 2.55. The molecule has 2 heterocycles. The summed E-state index contributed by atoms with van der Waals surface area (Å²) in [4.78, 5) is 0. The van der Waals surface area contributed by atoms with E-state index < -0.39 is 28.8 Å². The SMILES string of the molecule is CC1(C)CO[C@]2(C[C@H](O)C2)c2c1n(-c1ccc(F)c(F)c1)c1cccc(OCc3ccccc3)c12. The first kappa shape index (κ1) is 22.3. The van der Waals surface area contributed by atoms with Crippen LogP contribution in [0.5, 0.6) is 5.75 Å². The van der Waals surface area contributed by atoms with Crippen LogP contribution in [0.15, 0.2) is 66.7 Å². The van der Waals surface area contributed by atoms with Crippen molar-refractivity contribution in [1.82, 2.24) is 4.57 Å². The quantitative estimate of drug-likeness (QED) is 0.385. The molecule has 1 aliphatic carbocycles. The van der Waals surface area contributed by atoms with Crippen molar-refractivity contribution < 1.29 is 23.4 Å². The minimum absolute atomic E-state index is 0.394. The van der Waals surface area contributed by atoms with Crippen LogP contribution in [-0.2, 0) is 22.4 Å². The molecule has 1 saturated carbocycles. The van der Waals surface area contributed by atoms with E-state index in [1.165, 1.54) is 6.07 Å². The first-order valence-corrected chi connectivity index (χ1v) is 11.9. The van der Waals surface area contributed by atoms with Crippen LogP contribution in [0.4, 0.5) is 8.78 Å². The first-order valence-electron chi connectivity index (χ1n) is 11.9. The third-order valence-electron chi connectivity index (χ3n) is 7.29. The third-order valence-corrected chi connectivity index (χ3v) is 7.29. The number of aromatic nitrogens is 1. The fourth-order valence-corrected chi connectivity index (χ4v) is 5.62. The topological polar surface area (TPSA) is 43.6 Å². The summed E-state index contributed by atoms with van der Waals surface area (Å²) >= 11 is 0. The Labute approximate surface area is 202 Å². The molecule has 1 aliphatic heterocycles. The Kier molecular flexibility index (Phi) is 5.02. The Morgan fingerprint density at radius 2 is 1.77 bits per heavy atom. The highest BCUT2D eigenvalue weighted by Crippen LogP contribution is 2.57. The minimum atomic E-state index is -0.895. The second-order valence-corrected chi connectivity index (χ2v) is 10.3. The van der Waals surface area contributed by atoms with Gasteiger partial charge in [-0.1, -0.05) is 50.2 Å². The van der Waals surface area contributed by atoms with Crippen LogP contribution in [0.1, 0.15) is 43.5 Å². The molecule has 0 bridgehead atoms. The number of hydrogen-bond acceptors (Lipinski definition) is 3. The van der Waals surface area contributed by atoms with Crippen LogP contribution in [0, 0.1) is 11.6 Å². The van der Waals surface area contributed by atoms with Gasteiger partial charge in [-0.15, -0.1) is 0 Å². The van der Waals surface area contributed by atoms with E-state index in [1.54, 1.807) is 6.07 Å². The lowest BCUT2D eigenvalue weighted by Gasteiger charge is -2.51. The molecule has 6 rings (SSSR count). The van der Waals surface area contributed by atoms with Crippen molar-refractivity contribution in [2.75, 3.05) is 6.61 Å². The van der Waals surface area contributed by atoms with Crippen LogP contribution >= 0.6 is 0 Å². The van der Waals surface area contributed by atoms with E-state index in [1.807, 2.05) is 53.1 Å². The molecule has 1 fully saturated rings. The molecule has 0 unspecified atom stereocenters. The largest absolute Gasteiger partial charge is 0.488 e.